The van der Waals surface area contributed by atoms with E-state index in [-0.39, 0.29) is 5.91 Å². The van der Waals surface area contributed by atoms with Crippen molar-refractivity contribution in [1.29, 1.82) is 0 Å². The predicted octanol–water partition coefficient (Wildman–Crippen LogP) is 6.08. The molecule has 0 fully saturated rings. The molecule has 24 heavy (non-hydrogen) atoms. The Hall–Kier alpha value is -2.26. The standard InChI is InChI=1S/C20H20ClNO2/c1-11(2)14-8-5-7-12(3)17(14)22-20(23)18-13(4)15-9-6-10-16(21)19(15)24-18/h5-11H,1-4H3,(H,22,23). The van der Waals surface area contributed by atoms with E-state index in [2.05, 4.69) is 19.2 Å². The number of fused-ring (bicyclic) bond motifs is 1. The van der Waals surface area contributed by atoms with Gasteiger partial charge in [0.05, 0.1) is 5.02 Å². The van der Waals surface area contributed by atoms with Gasteiger partial charge in [-0.1, -0.05) is 55.8 Å². The Balaban J connectivity index is 2.03. The molecule has 124 valence electrons. The number of rotatable bonds is 3. The van der Waals surface area contributed by atoms with Crippen LogP contribution in [0.25, 0.3) is 11.0 Å². The van der Waals surface area contributed by atoms with E-state index in [0.29, 0.717) is 22.3 Å². The Kier molecular flexibility index (Phi) is 4.37. The van der Waals surface area contributed by atoms with Crippen molar-refractivity contribution in [3.05, 3.63) is 63.9 Å². The molecular weight excluding hydrogens is 322 g/mol. The fourth-order valence-electron chi connectivity index (χ4n) is 2.94. The Bertz CT molecular complexity index is 925. The molecule has 1 aromatic heterocycles. The molecule has 0 bridgehead atoms. The van der Waals surface area contributed by atoms with E-state index in [1.165, 1.54) is 0 Å². The highest BCUT2D eigenvalue weighted by atomic mass is 35.5. The van der Waals surface area contributed by atoms with Gasteiger partial charge in [-0.25, -0.2) is 0 Å². The number of benzene rings is 2. The number of anilines is 1. The first-order valence-corrected chi connectivity index (χ1v) is 8.36. The third kappa shape index (κ3) is 2.80. The number of carbonyl (C=O) groups is 1. The summed E-state index contributed by atoms with van der Waals surface area (Å²) in [4.78, 5) is 12.8. The Morgan fingerprint density at radius 1 is 1.12 bits per heavy atom. The quantitative estimate of drug-likeness (QED) is 0.627. The van der Waals surface area contributed by atoms with E-state index in [9.17, 15) is 4.79 Å². The Morgan fingerprint density at radius 3 is 2.50 bits per heavy atom. The average molecular weight is 342 g/mol. The topological polar surface area (TPSA) is 42.2 Å². The van der Waals surface area contributed by atoms with E-state index in [0.717, 1.165) is 27.8 Å². The molecule has 0 radical (unpaired) electrons. The molecule has 0 spiro atoms. The van der Waals surface area contributed by atoms with Crippen LogP contribution in [-0.2, 0) is 0 Å². The molecule has 1 N–H and O–H groups in total. The molecule has 4 heteroatoms. The maximum atomic E-state index is 12.8. The van der Waals surface area contributed by atoms with Crippen molar-refractivity contribution < 1.29 is 9.21 Å². The number of carbonyl (C=O) groups excluding carboxylic acids is 1. The summed E-state index contributed by atoms with van der Waals surface area (Å²) in [6.45, 7) is 8.08. The molecule has 0 aliphatic heterocycles. The molecule has 1 heterocycles. The lowest BCUT2D eigenvalue weighted by Gasteiger charge is -2.16. The smallest absolute Gasteiger partial charge is 0.291 e. The van der Waals surface area contributed by atoms with Crippen LogP contribution in [-0.4, -0.2) is 5.91 Å². The third-order valence-electron chi connectivity index (χ3n) is 4.29. The fourth-order valence-corrected chi connectivity index (χ4v) is 3.15. The van der Waals surface area contributed by atoms with Crippen LogP contribution in [0, 0.1) is 13.8 Å². The zero-order valence-corrected chi connectivity index (χ0v) is 15.0. The second kappa shape index (κ2) is 6.33. The summed E-state index contributed by atoms with van der Waals surface area (Å²) in [7, 11) is 0. The number of para-hydroxylation sites is 2. The number of amides is 1. The SMILES string of the molecule is Cc1cccc(C(C)C)c1NC(=O)c1oc2c(Cl)cccc2c1C. The van der Waals surface area contributed by atoms with Gasteiger partial charge in [-0.2, -0.15) is 0 Å². The maximum absolute atomic E-state index is 12.8. The molecule has 1 amide bonds. The van der Waals surface area contributed by atoms with Gasteiger partial charge in [-0.3, -0.25) is 4.79 Å². The number of hydrogen-bond acceptors (Lipinski definition) is 2. The van der Waals surface area contributed by atoms with Crippen molar-refractivity contribution >= 4 is 34.2 Å². The van der Waals surface area contributed by atoms with Crippen molar-refractivity contribution in [1.82, 2.24) is 0 Å². The van der Waals surface area contributed by atoms with Crippen LogP contribution in [0.4, 0.5) is 5.69 Å². The van der Waals surface area contributed by atoms with Crippen molar-refractivity contribution in [2.75, 3.05) is 5.32 Å². The van der Waals surface area contributed by atoms with Crippen LogP contribution in [0.3, 0.4) is 0 Å². The molecule has 3 rings (SSSR count). The highest BCUT2D eigenvalue weighted by molar-refractivity contribution is 6.35. The molecular formula is C20H20ClNO2. The van der Waals surface area contributed by atoms with E-state index < -0.39 is 0 Å². The van der Waals surface area contributed by atoms with Gasteiger partial charge in [-0.15, -0.1) is 0 Å². The van der Waals surface area contributed by atoms with Gasteiger partial charge in [0.25, 0.3) is 5.91 Å². The van der Waals surface area contributed by atoms with Gasteiger partial charge < -0.3 is 9.73 Å². The third-order valence-corrected chi connectivity index (χ3v) is 4.59. The van der Waals surface area contributed by atoms with Crippen LogP contribution in [0.1, 0.15) is 47.0 Å². The Morgan fingerprint density at radius 2 is 1.83 bits per heavy atom. The zero-order chi connectivity index (χ0) is 17.4. The van der Waals surface area contributed by atoms with E-state index >= 15 is 0 Å². The van der Waals surface area contributed by atoms with Crippen LogP contribution >= 0.6 is 11.6 Å². The maximum Gasteiger partial charge on any atom is 0.291 e. The summed E-state index contributed by atoms with van der Waals surface area (Å²) in [6.07, 6.45) is 0. The number of hydrogen-bond donors (Lipinski definition) is 1. The normalized spacial score (nSPS) is 11.2. The van der Waals surface area contributed by atoms with Crippen molar-refractivity contribution in [3.63, 3.8) is 0 Å². The Labute approximate surface area is 146 Å². The van der Waals surface area contributed by atoms with Gasteiger partial charge >= 0.3 is 0 Å². The van der Waals surface area contributed by atoms with Crippen LogP contribution in [0.15, 0.2) is 40.8 Å². The minimum absolute atomic E-state index is 0.254. The van der Waals surface area contributed by atoms with Crippen LogP contribution in [0.5, 0.6) is 0 Å². The predicted molar refractivity (Wildman–Crippen MR) is 99.2 cm³/mol. The van der Waals surface area contributed by atoms with Gasteiger partial charge in [0.2, 0.25) is 0 Å². The highest BCUT2D eigenvalue weighted by Gasteiger charge is 2.21. The summed E-state index contributed by atoms with van der Waals surface area (Å²) in [5, 5.41) is 4.39. The van der Waals surface area contributed by atoms with Gasteiger partial charge in [-0.05, 0) is 37.0 Å². The molecule has 3 aromatic rings. The monoisotopic (exact) mass is 341 g/mol. The van der Waals surface area contributed by atoms with Crippen LogP contribution < -0.4 is 5.32 Å². The number of furan rings is 1. The lowest BCUT2D eigenvalue weighted by molar-refractivity contribution is 0.0997. The number of nitrogens with one attached hydrogen (secondary N) is 1. The fraction of sp³-hybridized carbons (Fsp3) is 0.250. The molecule has 3 nitrogen and oxygen atoms in total. The number of halogens is 1. The van der Waals surface area contributed by atoms with Gasteiger partial charge in [0, 0.05) is 16.6 Å². The first-order valence-electron chi connectivity index (χ1n) is 7.98. The van der Waals surface area contributed by atoms with E-state index in [1.807, 2.05) is 44.2 Å². The first kappa shape index (κ1) is 16.6. The summed E-state index contributed by atoms with van der Waals surface area (Å²) in [6, 6.07) is 11.6. The first-order chi connectivity index (χ1) is 11.4. The molecule has 0 unspecified atom stereocenters. The lowest BCUT2D eigenvalue weighted by Crippen LogP contribution is -2.15. The molecule has 0 saturated heterocycles. The van der Waals surface area contributed by atoms with Gasteiger partial charge in [0.15, 0.2) is 11.3 Å². The minimum atomic E-state index is -0.254. The molecule has 2 aromatic carbocycles. The molecule has 0 atom stereocenters. The summed E-state index contributed by atoms with van der Waals surface area (Å²) in [5.41, 5.74) is 4.33. The molecule has 0 saturated carbocycles. The van der Waals surface area contributed by atoms with Crippen LogP contribution in [0.2, 0.25) is 5.02 Å². The highest BCUT2D eigenvalue weighted by Crippen LogP contribution is 2.32. The van der Waals surface area contributed by atoms with Crippen molar-refractivity contribution in [2.45, 2.75) is 33.6 Å². The van der Waals surface area contributed by atoms with Gasteiger partial charge in [0.1, 0.15) is 0 Å². The summed E-state index contributed by atoms with van der Waals surface area (Å²) in [5.74, 6) is 0.360. The average Bonchev–Trinajstić information content (AvgIpc) is 2.88. The van der Waals surface area contributed by atoms with E-state index in [1.54, 1.807) is 6.07 Å². The lowest BCUT2D eigenvalue weighted by atomic mass is 9.98. The van der Waals surface area contributed by atoms with Crippen molar-refractivity contribution in [2.24, 2.45) is 0 Å². The summed E-state index contributed by atoms with van der Waals surface area (Å²) >= 11 is 6.17. The largest absolute Gasteiger partial charge is 0.449 e. The van der Waals surface area contributed by atoms with Crippen molar-refractivity contribution in [3.8, 4) is 0 Å². The second-order valence-electron chi connectivity index (χ2n) is 6.32. The second-order valence-corrected chi connectivity index (χ2v) is 6.73. The van der Waals surface area contributed by atoms with E-state index in [4.69, 9.17) is 16.0 Å². The summed E-state index contributed by atoms with van der Waals surface area (Å²) < 4.78 is 5.76. The minimum Gasteiger partial charge on any atom is -0.449 e. The molecule has 0 aliphatic rings. The molecule has 0 aliphatic carbocycles. The number of aryl methyl sites for hydroxylation is 2. The zero-order valence-electron chi connectivity index (χ0n) is 14.2.